The Balaban J connectivity index is 2.33. The van der Waals surface area contributed by atoms with Crippen LogP contribution in [-0.4, -0.2) is 23.1 Å². The molecule has 2 aromatic carbocycles. The molecule has 0 aliphatic heterocycles. The summed E-state index contributed by atoms with van der Waals surface area (Å²) >= 11 is 0. The van der Waals surface area contributed by atoms with E-state index in [1.165, 1.54) is 0 Å². The number of aliphatic carboxylic acids is 1. The second-order valence-electron chi connectivity index (χ2n) is 4.93. The van der Waals surface area contributed by atoms with E-state index in [2.05, 4.69) is 0 Å². The molecular formula is C18H18O4. The maximum Gasteiger partial charge on any atom is 0.345 e. The van der Waals surface area contributed by atoms with E-state index in [0.717, 1.165) is 11.1 Å². The second-order valence-corrected chi connectivity index (χ2v) is 4.93. The lowest BCUT2D eigenvalue weighted by Crippen LogP contribution is -2.29. The van der Waals surface area contributed by atoms with Crippen molar-refractivity contribution in [2.24, 2.45) is 0 Å². The van der Waals surface area contributed by atoms with Crippen molar-refractivity contribution in [1.82, 2.24) is 0 Å². The first kappa shape index (κ1) is 15.8. The number of hydrogen-bond donors (Lipinski definition) is 1. The second kappa shape index (κ2) is 7.41. The standard InChI is InChI=1S/C18H18O4/c1-2-15(17(19)20)22-18(21)16(13-9-5-3-6-10-13)14-11-7-4-8-12-14/h3-12,15-16H,2H2,1H3,(H,19,20). The van der Waals surface area contributed by atoms with Gasteiger partial charge in [-0.05, 0) is 17.5 Å². The van der Waals surface area contributed by atoms with Crippen LogP contribution in [0.5, 0.6) is 0 Å². The molecule has 1 N–H and O–H groups in total. The SMILES string of the molecule is CCC(OC(=O)C(c1ccccc1)c1ccccc1)C(=O)O. The van der Waals surface area contributed by atoms with Crippen molar-refractivity contribution in [2.75, 3.05) is 0 Å². The van der Waals surface area contributed by atoms with Gasteiger partial charge in [0.2, 0.25) is 0 Å². The summed E-state index contributed by atoms with van der Waals surface area (Å²) in [5.41, 5.74) is 1.55. The lowest BCUT2D eigenvalue weighted by molar-refractivity contribution is -0.164. The van der Waals surface area contributed by atoms with Crippen LogP contribution in [0.15, 0.2) is 60.7 Å². The Morgan fingerprint density at radius 2 is 1.41 bits per heavy atom. The Hall–Kier alpha value is -2.62. The number of rotatable bonds is 6. The zero-order valence-electron chi connectivity index (χ0n) is 12.3. The quantitative estimate of drug-likeness (QED) is 0.832. The molecule has 0 aliphatic rings. The van der Waals surface area contributed by atoms with E-state index in [1.54, 1.807) is 6.92 Å². The monoisotopic (exact) mass is 298 g/mol. The maximum atomic E-state index is 12.5. The van der Waals surface area contributed by atoms with E-state index >= 15 is 0 Å². The number of carboxylic acid groups (broad SMARTS) is 1. The average Bonchev–Trinajstić information content (AvgIpc) is 2.54. The van der Waals surface area contributed by atoms with Crippen LogP contribution in [0, 0.1) is 0 Å². The summed E-state index contributed by atoms with van der Waals surface area (Å²) in [5.74, 6) is -2.31. The van der Waals surface area contributed by atoms with Crippen LogP contribution >= 0.6 is 0 Å². The maximum absolute atomic E-state index is 12.5. The van der Waals surface area contributed by atoms with Crippen LogP contribution in [0.2, 0.25) is 0 Å². The van der Waals surface area contributed by atoms with Crippen LogP contribution in [0.1, 0.15) is 30.4 Å². The Labute approximate surface area is 129 Å². The molecule has 114 valence electrons. The van der Waals surface area contributed by atoms with Crippen molar-refractivity contribution in [3.8, 4) is 0 Å². The van der Waals surface area contributed by atoms with Crippen molar-refractivity contribution >= 4 is 11.9 Å². The van der Waals surface area contributed by atoms with Crippen molar-refractivity contribution in [3.63, 3.8) is 0 Å². The summed E-state index contributed by atoms with van der Waals surface area (Å²) < 4.78 is 5.19. The molecule has 0 amide bonds. The Kier molecular flexibility index (Phi) is 5.31. The fourth-order valence-corrected chi connectivity index (χ4v) is 2.27. The van der Waals surface area contributed by atoms with E-state index in [-0.39, 0.29) is 6.42 Å². The number of carboxylic acids is 1. The third-order valence-corrected chi connectivity index (χ3v) is 3.41. The smallest absolute Gasteiger partial charge is 0.345 e. The minimum atomic E-state index is -1.13. The molecule has 4 nitrogen and oxygen atoms in total. The van der Waals surface area contributed by atoms with Gasteiger partial charge in [0.1, 0.15) is 5.92 Å². The summed E-state index contributed by atoms with van der Waals surface area (Å²) in [6.07, 6.45) is -0.889. The van der Waals surface area contributed by atoms with Gasteiger partial charge in [-0.15, -0.1) is 0 Å². The average molecular weight is 298 g/mol. The highest BCUT2D eigenvalue weighted by molar-refractivity contribution is 5.85. The lowest BCUT2D eigenvalue weighted by atomic mass is 9.91. The lowest BCUT2D eigenvalue weighted by Gasteiger charge is -2.19. The van der Waals surface area contributed by atoms with Crippen LogP contribution in [0.25, 0.3) is 0 Å². The summed E-state index contributed by atoms with van der Waals surface area (Å²) in [4.78, 5) is 23.6. The summed E-state index contributed by atoms with van der Waals surface area (Å²) in [6.45, 7) is 1.67. The van der Waals surface area contributed by atoms with Gasteiger partial charge < -0.3 is 9.84 Å². The molecule has 0 saturated carbocycles. The number of esters is 1. The minimum Gasteiger partial charge on any atom is -0.479 e. The minimum absolute atomic E-state index is 0.234. The normalized spacial score (nSPS) is 11.9. The first-order chi connectivity index (χ1) is 10.6. The first-order valence-electron chi connectivity index (χ1n) is 7.16. The molecule has 1 atom stereocenters. The molecule has 0 aromatic heterocycles. The van der Waals surface area contributed by atoms with Gasteiger partial charge in [0.25, 0.3) is 0 Å². The topological polar surface area (TPSA) is 63.6 Å². The zero-order valence-corrected chi connectivity index (χ0v) is 12.3. The molecule has 2 rings (SSSR count). The Bertz CT molecular complexity index is 583. The third-order valence-electron chi connectivity index (χ3n) is 3.41. The third kappa shape index (κ3) is 3.73. The molecule has 0 aliphatic carbocycles. The van der Waals surface area contributed by atoms with Crippen LogP contribution in [-0.2, 0) is 14.3 Å². The molecule has 0 bridgehead atoms. The summed E-state index contributed by atoms with van der Waals surface area (Å²) in [5, 5.41) is 9.07. The van der Waals surface area contributed by atoms with E-state index in [4.69, 9.17) is 9.84 Å². The van der Waals surface area contributed by atoms with Gasteiger partial charge in [-0.25, -0.2) is 4.79 Å². The van der Waals surface area contributed by atoms with Gasteiger partial charge in [-0.2, -0.15) is 0 Å². The van der Waals surface area contributed by atoms with Gasteiger partial charge >= 0.3 is 11.9 Å². The number of hydrogen-bond acceptors (Lipinski definition) is 3. The van der Waals surface area contributed by atoms with Crippen molar-refractivity contribution in [2.45, 2.75) is 25.4 Å². The predicted octanol–water partition coefficient (Wildman–Crippen LogP) is 3.22. The van der Waals surface area contributed by atoms with E-state index in [1.807, 2.05) is 60.7 Å². The van der Waals surface area contributed by atoms with Gasteiger partial charge in [0, 0.05) is 0 Å². The van der Waals surface area contributed by atoms with Crippen molar-refractivity contribution < 1.29 is 19.4 Å². The van der Waals surface area contributed by atoms with Crippen molar-refractivity contribution in [3.05, 3.63) is 71.8 Å². The van der Waals surface area contributed by atoms with Crippen molar-refractivity contribution in [1.29, 1.82) is 0 Å². The predicted molar refractivity (Wildman–Crippen MR) is 82.5 cm³/mol. The molecule has 2 aromatic rings. The Morgan fingerprint density at radius 3 is 1.77 bits per heavy atom. The van der Waals surface area contributed by atoms with Crippen LogP contribution in [0.4, 0.5) is 0 Å². The highest BCUT2D eigenvalue weighted by Gasteiger charge is 2.28. The van der Waals surface area contributed by atoms with E-state index in [9.17, 15) is 9.59 Å². The van der Waals surface area contributed by atoms with Crippen LogP contribution < -0.4 is 0 Å². The van der Waals surface area contributed by atoms with Crippen LogP contribution in [0.3, 0.4) is 0 Å². The molecule has 0 radical (unpaired) electrons. The molecule has 4 heteroatoms. The number of ether oxygens (including phenoxy) is 1. The largest absolute Gasteiger partial charge is 0.479 e. The van der Waals surface area contributed by atoms with E-state index in [0.29, 0.717) is 0 Å². The highest BCUT2D eigenvalue weighted by atomic mass is 16.6. The summed E-state index contributed by atoms with van der Waals surface area (Å²) in [6, 6.07) is 18.4. The molecule has 0 fully saturated rings. The number of carbonyl (C=O) groups is 2. The summed E-state index contributed by atoms with van der Waals surface area (Å²) in [7, 11) is 0. The van der Waals surface area contributed by atoms with Gasteiger partial charge in [0.15, 0.2) is 6.10 Å². The van der Waals surface area contributed by atoms with E-state index < -0.39 is 24.0 Å². The molecule has 0 heterocycles. The fraction of sp³-hybridized carbons (Fsp3) is 0.222. The highest BCUT2D eigenvalue weighted by Crippen LogP contribution is 2.26. The molecule has 0 spiro atoms. The Morgan fingerprint density at radius 1 is 0.955 bits per heavy atom. The molecule has 22 heavy (non-hydrogen) atoms. The molecule has 1 unspecified atom stereocenters. The van der Waals surface area contributed by atoms with Gasteiger partial charge in [-0.3, -0.25) is 4.79 Å². The number of benzene rings is 2. The molecular weight excluding hydrogens is 280 g/mol. The number of carbonyl (C=O) groups excluding carboxylic acids is 1. The zero-order chi connectivity index (χ0) is 15.9. The first-order valence-corrected chi connectivity index (χ1v) is 7.16. The van der Waals surface area contributed by atoms with Gasteiger partial charge in [-0.1, -0.05) is 67.6 Å². The molecule has 0 saturated heterocycles. The van der Waals surface area contributed by atoms with Gasteiger partial charge in [0.05, 0.1) is 0 Å². The fourth-order valence-electron chi connectivity index (χ4n) is 2.27.